The maximum absolute atomic E-state index is 14.1. The van der Waals surface area contributed by atoms with Gasteiger partial charge in [0.15, 0.2) is 6.29 Å². The van der Waals surface area contributed by atoms with Gasteiger partial charge in [0, 0.05) is 25.8 Å². The molecule has 0 radical (unpaired) electrons. The number of fused-ring (bicyclic) bond motifs is 1. The van der Waals surface area contributed by atoms with Gasteiger partial charge < -0.3 is 35.7 Å². The Morgan fingerprint density at radius 2 is 1.93 bits per heavy atom. The summed E-state index contributed by atoms with van der Waals surface area (Å²) in [5, 5.41) is 17.5. The number of amides is 1. The van der Waals surface area contributed by atoms with Crippen molar-refractivity contribution < 1.29 is 32.5 Å². The van der Waals surface area contributed by atoms with Crippen LogP contribution < -0.4 is 16.4 Å². The molecule has 44 heavy (non-hydrogen) atoms. The number of ether oxygens (including phenoxy) is 3. The molecule has 0 aliphatic carbocycles. The lowest BCUT2D eigenvalue weighted by Gasteiger charge is -2.35. The zero-order valence-electron chi connectivity index (χ0n) is 26.0. The van der Waals surface area contributed by atoms with Crippen LogP contribution in [-0.4, -0.2) is 88.4 Å². The van der Waals surface area contributed by atoms with Crippen LogP contribution in [0.3, 0.4) is 0 Å². The molecule has 4 rings (SSSR count). The van der Waals surface area contributed by atoms with Crippen molar-refractivity contribution in [1.82, 2.24) is 9.62 Å². The molecule has 0 aromatic heterocycles. The van der Waals surface area contributed by atoms with E-state index in [0.29, 0.717) is 18.8 Å². The van der Waals surface area contributed by atoms with Gasteiger partial charge in [0.2, 0.25) is 10.0 Å². The van der Waals surface area contributed by atoms with Gasteiger partial charge in [0.05, 0.1) is 36.2 Å². The third kappa shape index (κ3) is 9.15. The Hall–Kier alpha value is -2.74. The molecule has 244 valence electrons. The highest BCUT2D eigenvalue weighted by Crippen LogP contribution is 2.33. The number of benzene rings is 2. The normalized spacial score (nSPS) is 21.5. The fourth-order valence-corrected chi connectivity index (χ4v) is 7.56. The molecule has 0 saturated carbocycles. The number of aliphatic hydroxyl groups is 1. The number of anilines is 1. The third-order valence-corrected chi connectivity index (χ3v) is 10.2. The van der Waals surface area contributed by atoms with E-state index in [-0.39, 0.29) is 43.2 Å². The maximum atomic E-state index is 14.1. The van der Waals surface area contributed by atoms with Gasteiger partial charge in [-0.2, -0.15) is 4.31 Å². The van der Waals surface area contributed by atoms with Gasteiger partial charge in [0.1, 0.15) is 6.10 Å². The molecule has 2 aliphatic heterocycles. The molecular formula is C32H48N4O7S. The largest absolute Gasteiger partial charge is 0.443 e. The van der Waals surface area contributed by atoms with E-state index >= 15 is 0 Å². The summed E-state index contributed by atoms with van der Waals surface area (Å²) >= 11 is 0. The van der Waals surface area contributed by atoms with Gasteiger partial charge in [-0.15, -0.1) is 0 Å². The molecule has 4 unspecified atom stereocenters. The van der Waals surface area contributed by atoms with Crippen molar-refractivity contribution in [3.05, 3.63) is 60.2 Å². The first kappa shape index (κ1) is 34.1. The lowest BCUT2D eigenvalue weighted by Crippen LogP contribution is -2.52. The standard InChI is InChI=1S/C32H48N4O7S/c1-32(2,15-7-8-16-33)22-36(44(39,40)25-13-9-12-24(19-25)34-3)20-28(37)27(18-23-10-5-4-6-11-23)35-31(38)43-29-21-42-30-26(29)14-17-41-30/h4-6,9-13,19,26-30,34,37H,7-8,14-18,20-22,33H2,1-3H3,(H,35,38)/t26?,27-,28?,29?,30?/m0/s1. The molecule has 11 nitrogen and oxygen atoms in total. The van der Waals surface area contributed by atoms with Crippen LogP contribution in [0.15, 0.2) is 59.5 Å². The van der Waals surface area contributed by atoms with Crippen LogP contribution in [0.25, 0.3) is 0 Å². The van der Waals surface area contributed by atoms with Crippen LogP contribution >= 0.6 is 0 Å². The van der Waals surface area contributed by atoms with Gasteiger partial charge in [-0.1, -0.05) is 56.7 Å². The van der Waals surface area contributed by atoms with E-state index in [9.17, 15) is 18.3 Å². The lowest BCUT2D eigenvalue weighted by atomic mass is 9.87. The van der Waals surface area contributed by atoms with Crippen molar-refractivity contribution in [3.63, 3.8) is 0 Å². The first-order valence-electron chi connectivity index (χ1n) is 15.4. The lowest BCUT2D eigenvalue weighted by molar-refractivity contribution is -0.0907. The minimum absolute atomic E-state index is 0.0336. The summed E-state index contributed by atoms with van der Waals surface area (Å²) < 4.78 is 46.4. The first-order chi connectivity index (χ1) is 21.0. The van der Waals surface area contributed by atoms with Crippen molar-refractivity contribution in [2.24, 2.45) is 17.1 Å². The Bertz CT molecular complexity index is 1310. The number of nitrogens with zero attached hydrogens (tertiary/aromatic N) is 1. The van der Waals surface area contributed by atoms with E-state index in [2.05, 4.69) is 10.6 Å². The van der Waals surface area contributed by atoms with Crippen molar-refractivity contribution in [2.45, 2.75) is 75.4 Å². The van der Waals surface area contributed by atoms with Crippen LogP contribution in [0.4, 0.5) is 10.5 Å². The Kier molecular flexibility index (Phi) is 12.0. The van der Waals surface area contributed by atoms with Crippen molar-refractivity contribution in [3.8, 4) is 0 Å². The maximum Gasteiger partial charge on any atom is 0.407 e. The van der Waals surface area contributed by atoms with Crippen LogP contribution in [0, 0.1) is 11.3 Å². The molecular weight excluding hydrogens is 584 g/mol. The molecule has 0 bridgehead atoms. The monoisotopic (exact) mass is 632 g/mol. The summed E-state index contributed by atoms with van der Waals surface area (Å²) in [6.07, 6.45) is 0.713. The Labute approximate surface area is 261 Å². The number of hydrogen-bond donors (Lipinski definition) is 4. The minimum Gasteiger partial charge on any atom is -0.443 e. The number of aliphatic hydroxyl groups excluding tert-OH is 1. The van der Waals surface area contributed by atoms with Gasteiger partial charge in [0.25, 0.3) is 0 Å². The van der Waals surface area contributed by atoms with E-state index in [1.165, 1.54) is 4.31 Å². The fraction of sp³-hybridized carbons (Fsp3) is 0.594. The number of alkyl carbamates (subject to hydrolysis) is 1. The number of carbonyl (C=O) groups excluding carboxylic acids is 1. The smallest absolute Gasteiger partial charge is 0.407 e. The number of sulfonamides is 1. The Balaban J connectivity index is 1.56. The summed E-state index contributed by atoms with van der Waals surface area (Å²) in [6.45, 7) is 5.34. The Morgan fingerprint density at radius 1 is 1.16 bits per heavy atom. The second-order valence-corrected chi connectivity index (χ2v) is 14.4. The van der Waals surface area contributed by atoms with Gasteiger partial charge >= 0.3 is 6.09 Å². The molecule has 2 fully saturated rings. The van der Waals surface area contributed by atoms with E-state index in [4.69, 9.17) is 19.9 Å². The predicted molar refractivity (Wildman–Crippen MR) is 169 cm³/mol. The minimum atomic E-state index is -4.02. The van der Waals surface area contributed by atoms with Crippen molar-refractivity contribution in [1.29, 1.82) is 0 Å². The second kappa shape index (κ2) is 15.5. The summed E-state index contributed by atoms with van der Waals surface area (Å²) in [7, 11) is -2.30. The number of unbranched alkanes of at least 4 members (excludes halogenated alkanes) is 1. The average molecular weight is 633 g/mol. The SMILES string of the molecule is CNc1cccc(S(=O)(=O)N(CC(O)[C@H](Cc2ccccc2)NC(=O)OC2COC3OCCC23)CC(C)(C)CCCCN)c1. The average Bonchev–Trinajstić information content (AvgIpc) is 3.62. The molecule has 2 aromatic carbocycles. The van der Waals surface area contributed by atoms with E-state index < -0.39 is 39.8 Å². The van der Waals surface area contributed by atoms with Crippen LogP contribution in [-0.2, 0) is 30.7 Å². The van der Waals surface area contributed by atoms with Crippen molar-refractivity contribution >= 4 is 21.8 Å². The number of carbonyl (C=O) groups is 1. The van der Waals surface area contributed by atoms with Crippen LogP contribution in [0.5, 0.6) is 0 Å². The molecule has 12 heteroatoms. The van der Waals surface area contributed by atoms with E-state index in [1.54, 1.807) is 31.3 Å². The third-order valence-electron chi connectivity index (χ3n) is 8.37. The molecule has 2 aromatic rings. The predicted octanol–water partition coefficient (Wildman–Crippen LogP) is 3.33. The Morgan fingerprint density at radius 3 is 2.66 bits per heavy atom. The molecule has 2 aliphatic rings. The molecule has 2 saturated heterocycles. The van der Waals surface area contributed by atoms with Gasteiger partial charge in [-0.3, -0.25) is 0 Å². The highest BCUT2D eigenvalue weighted by Gasteiger charge is 2.44. The summed E-state index contributed by atoms with van der Waals surface area (Å²) in [6, 6.07) is 15.2. The number of nitrogens with one attached hydrogen (secondary N) is 2. The zero-order chi connectivity index (χ0) is 31.7. The fourth-order valence-electron chi connectivity index (χ4n) is 5.87. The van der Waals surface area contributed by atoms with E-state index in [0.717, 1.165) is 31.2 Å². The quantitative estimate of drug-likeness (QED) is 0.204. The van der Waals surface area contributed by atoms with Gasteiger partial charge in [-0.05, 0) is 61.4 Å². The summed E-state index contributed by atoms with van der Waals surface area (Å²) in [5.41, 5.74) is 6.85. The van der Waals surface area contributed by atoms with E-state index in [1.807, 2.05) is 44.2 Å². The van der Waals surface area contributed by atoms with Crippen LogP contribution in [0.2, 0.25) is 0 Å². The van der Waals surface area contributed by atoms with Gasteiger partial charge in [-0.25, -0.2) is 13.2 Å². The highest BCUT2D eigenvalue weighted by molar-refractivity contribution is 7.89. The zero-order valence-corrected chi connectivity index (χ0v) is 26.8. The molecule has 5 N–H and O–H groups in total. The summed E-state index contributed by atoms with van der Waals surface area (Å²) in [5.74, 6) is -0.0336. The number of hydrogen-bond acceptors (Lipinski definition) is 9. The molecule has 1 amide bonds. The highest BCUT2D eigenvalue weighted by atomic mass is 32.2. The summed E-state index contributed by atoms with van der Waals surface area (Å²) in [4.78, 5) is 13.3. The second-order valence-electron chi connectivity index (χ2n) is 12.5. The molecule has 0 spiro atoms. The number of rotatable bonds is 16. The topological polar surface area (TPSA) is 152 Å². The molecule has 5 atom stereocenters. The number of nitrogens with two attached hydrogens (primary N) is 1. The molecule has 2 heterocycles. The van der Waals surface area contributed by atoms with Crippen molar-refractivity contribution in [2.75, 3.05) is 45.2 Å². The first-order valence-corrected chi connectivity index (χ1v) is 16.9. The van der Waals surface area contributed by atoms with Crippen LogP contribution in [0.1, 0.15) is 45.1 Å².